The molecule has 1 aliphatic carbocycles. The van der Waals surface area contributed by atoms with Crippen LogP contribution >= 0.6 is 0 Å². The molecule has 8 heteroatoms. The normalized spacial score (nSPS) is 23.2. The molecule has 2 aliphatic rings. The maximum atomic E-state index is 13.2. The highest BCUT2D eigenvalue weighted by atomic mass is 16.7. The van der Waals surface area contributed by atoms with Gasteiger partial charge in [-0.3, -0.25) is 0 Å². The van der Waals surface area contributed by atoms with Gasteiger partial charge in [-0.05, 0) is 49.2 Å². The third-order valence-corrected chi connectivity index (χ3v) is 6.85. The molecule has 0 N–H and O–H groups in total. The molecular formula is C31H28O8. The van der Waals surface area contributed by atoms with Gasteiger partial charge in [0, 0.05) is 7.11 Å². The minimum absolute atomic E-state index is 0.274. The molecule has 0 amide bonds. The molecule has 1 fully saturated rings. The molecule has 39 heavy (non-hydrogen) atoms. The number of carbonyl (C=O) groups is 3. The Labute approximate surface area is 226 Å². The molecule has 8 nitrogen and oxygen atoms in total. The predicted octanol–water partition coefficient (Wildman–Crippen LogP) is 4.75. The van der Waals surface area contributed by atoms with Gasteiger partial charge in [0.25, 0.3) is 0 Å². The van der Waals surface area contributed by atoms with Gasteiger partial charge in [-0.15, -0.1) is 0 Å². The number of rotatable bonds is 7. The number of carbonyl (C=O) groups excluding carboxylic acids is 3. The van der Waals surface area contributed by atoms with Crippen molar-refractivity contribution in [3.05, 3.63) is 120 Å². The Kier molecular flexibility index (Phi) is 7.86. The Morgan fingerprint density at radius 1 is 0.641 bits per heavy atom. The lowest BCUT2D eigenvalue weighted by molar-refractivity contribution is -0.317. The highest BCUT2D eigenvalue weighted by Crippen LogP contribution is 2.43. The van der Waals surface area contributed by atoms with Crippen LogP contribution in [0.5, 0.6) is 0 Å². The summed E-state index contributed by atoms with van der Waals surface area (Å²) in [6.45, 7) is 0. The number of methoxy groups -OCH3 is 1. The van der Waals surface area contributed by atoms with Crippen molar-refractivity contribution in [2.45, 2.75) is 43.0 Å². The SMILES string of the molecule is CO[C@@H]1[C@@H](OC(=O)c2ccccc2)[C@@H](OC(=O)c2ccccc2)C(OC(=O)c2ccccc2)OC12CC=CC2. The van der Waals surface area contributed by atoms with E-state index in [2.05, 4.69) is 0 Å². The van der Waals surface area contributed by atoms with E-state index in [4.69, 9.17) is 23.7 Å². The molecule has 4 atom stereocenters. The maximum Gasteiger partial charge on any atom is 0.340 e. The third kappa shape index (κ3) is 5.62. The molecule has 1 unspecified atom stereocenters. The fraction of sp³-hybridized carbons (Fsp3) is 0.258. The van der Waals surface area contributed by atoms with Crippen LogP contribution in [0.25, 0.3) is 0 Å². The first-order valence-corrected chi connectivity index (χ1v) is 12.6. The first kappa shape index (κ1) is 26.3. The summed E-state index contributed by atoms with van der Waals surface area (Å²) in [5.41, 5.74) is -0.133. The van der Waals surface area contributed by atoms with Crippen molar-refractivity contribution in [2.24, 2.45) is 0 Å². The zero-order valence-electron chi connectivity index (χ0n) is 21.3. The molecule has 0 saturated carbocycles. The molecule has 1 saturated heterocycles. The average molecular weight is 529 g/mol. The van der Waals surface area contributed by atoms with Crippen LogP contribution in [0, 0.1) is 0 Å². The Balaban J connectivity index is 1.52. The summed E-state index contributed by atoms with van der Waals surface area (Å²) >= 11 is 0. The van der Waals surface area contributed by atoms with E-state index in [-0.39, 0.29) is 5.56 Å². The quantitative estimate of drug-likeness (QED) is 0.246. The summed E-state index contributed by atoms with van der Waals surface area (Å²) in [6.07, 6.45) is -0.00610. The van der Waals surface area contributed by atoms with Crippen molar-refractivity contribution in [3.8, 4) is 0 Å². The Morgan fingerprint density at radius 3 is 1.49 bits per heavy atom. The van der Waals surface area contributed by atoms with Crippen molar-refractivity contribution in [2.75, 3.05) is 7.11 Å². The van der Waals surface area contributed by atoms with Crippen LogP contribution in [-0.4, -0.2) is 55.2 Å². The average Bonchev–Trinajstić information content (AvgIpc) is 3.44. The number of esters is 3. The predicted molar refractivity (Wildman–Crippen MR) is 140 cm³/mol. The fourth-order valence-electron chi connectivity index (χ4n) is 4.94. The van der Waals surface area contributed by atoms with Crippen LogP contribution < -0.4 is 0 Å². The smallest absolute Gasteiger partial charge is 0.340 e. The molecule has 1 aliphatic heterocycles. The zero-order valence-corrected chi connectivity index (χ0v) is 21.3. The van der Waals surface area contributed by atoms with Crippen molar-refractivity contribution < 1.29 is 38.1 Å². The summed E-state index contributed by atoms with van der Waals surface area (Å²) in [5.74, 6) is -2.01. The van der Waals surface area contributed by atoms with Crippen molar-refractivity contribution in [1.82, 2.24) is 0 Å². The third-order valence-electron chi connectivity index (χ3n) is 6.85. The summed E-state index contributed by atoms with van der Waals surface area (Å²) < 4.78 is 30.0. The lowest BCUT2D eigenvalue weighted by atomic mass is 9.84. The van der Waals surface area contributed by atoms with Crippen LogP contribution in [0.3, 0.4) is 0 Å². The first-order chi connectivity index (χ1) is 19.0. The molecule has 1 heterocycles. The molecule has 1 spiro atoms. The molecule has 0 aromatic heterocycles. The number of ether oxygens (including phenoxy) is 5. The van der Waals surface area contributed by atoms with Crippen LogP contribution in [0.4, 0.5) is 0 Å². The fourth-order valence-corrected chi connectivity index (χ4v) is 4.94. The summed E-state index contributed by atoms with van der Waals surface area (Å²) in [4.78, 5) is 39.6. The van der Waals surface area contributed by atoms with E-state index in [0.717, 1.165) is 0 Å². The van der Waals surface area contributed by atoms with Crippen molar-refractivity contribution in [1.29, 1.82) is 0 Å². The van der Waals surface area contributed by atoms with E-state index in [0.29, 0.717) is 24.0 Å². The molecular weight excluding hydrogens is 500 g/mol. The lowest BCUT2D eigenvalue weighted by Crippen LogP contribution is -2.66. The van der Waals surface area contributed by atoms with E-state index in [1.165, 1.54) is 7.11 Å². The topological polar surface area (TPSA) is 97.4 Å². The summed E-state index contributed by atoms with van der Waals surface area (Å²) in [7, 11) is 1.48. The van der Waals surface area contributed by atoms with E-state index in [9.17, 15) is 14.4 Å². The minimum atomic E-state index is -1.38. The number of hydrogen-bond donors (Lipinski definition) is 0. The van der Waals surface area contributed by atoms with Gasteiger partial charge < -0.3 is 23.7 Å². The van der Waals surface area contributed by atoms with Gasteiger partial charge in [-0.2, -0.15) is 0 Å². The highest BCUT2D eigenvalue weighted by molar-refractivity contribution is 5.91. The van der Waals surface area contributed by atoms with Gasteiger partial charge >= 0.3 is 17.9 Å². The van der Waals surface area contributed by atoms with Gasteiger partial charge in [0.05, 0.1) is 16.7 Å². The maximum absolute atomic E-state index is 13.2. The standard InChI is InChI=1S/C31H28O8/c1-35-26-24(36-27(32)21-13-5-2-6-14-21)25(37-28(33)22-15-7-3-8-16-22)30(39-31(26)19-11-12-20-31)38-29(34)23-17-9-4-10-18-23/h2-18,24-26,30H,19-20H2,1H3/t24-,25+,26+,30?/m0/s1. The monoisotopic (exact) mass is 528 g/mol. The molecule has 3 aromatic carbocycles. The van der Waals surface area contributed by atoms with Gasteiger partial charge in [0.2, 0.25) is 12.4 Å². The summed E-state index contributed by atoms with van der Waals surface area (Å²) in [6, 6.07) is 25.2. The van der Waals surface area contributed by atoms with E-state index >= 15 is 0 Å². The molecule has 0 radical (unpaired) electrons. The van der Waals surface area contributed by atoms with Gasteiger partial charge in [-0.25, -0.2) is 14.4 Å². The Morgan fingerprint density at radius 2 is 1.05 bits per heavy atom. The van der Waals surface area contributed by atoms with Crippen molar-refractivity contribution >= 4 is 17.9 Å². The van der Waals surface area contributed by atoms with Gasteiger partial charge in [0.1, 0.15) is 11.7 Å². The van der Waals surface area contributed by atoms with Crippen LogP contribution in [-0.2, 0) is 23.7 Å². The largest absolute Gasteiger partial charge is 0.452 e. The van der Waals surface area contributed by atoms with E-state index in [1.54, 1.807) is 91.0 Å². The molecule has 0 bridgehead atoms. The Bertz CT molecular complexity index is 1310. The van der Waals surface area contributed by atoms with E-state index < -0.39 is 48.1 Å². The summed E-state index contributed by atoms with van der Waals surface area (Å²) in [5, 5.41) is 0. The lowest BCUT2D eigenvalue weighted by Gasteiger charge is -2.49. The van der Waals surface area contributed by atoms with E-state index in [1.807, 2.05) is 12.2 Å². The molecule has 5 rings (SSSR count). The van der Waals surface area contributed by atoms with Crippen LogP contribution in [0.2, 0.25) is 0 Å². The van der Waals surface area contributed by atoms with Crippen molar-refractivity contribution in [3.63, 3.8) is 0 Å². The highest BCUT2D eigenvalue weighted by Gasteiger charge is 2.59. The van der Waals surface area contributed by atoms with Gasteiger partial charge in [-0.1, -0.05) is 66.7 Å². The zero-order chi connectivity index (χ0) is 27.2. The second kappa shape index (κ2) is 11.6. The first-order valence-electron chi connectivity index (χ1n) is 12.6. The second-order valence-corrected chi connectivity index (χ2v) is 9.33. The number of benzene rings is 3. The molecule has 3 aromatic rings. The minimum Gasteiger partial charge on any atom is -0.452 e. The van der Waals surface area contributed by atoms with Gasteiger partial charge in [0.15, 0.2) is 6.10 Å². The Hall–Kier alpha value is -4.27. The second-order valence-electron chi connectivity index (χ2n) is 9.33. The van der Waals surface area contributed by atoms with Crippen LogP contribution in [0.1, 0.15) is 43.9 Å². The molecule has 200 valence electrons. The number of hydrogen-bond acceptors (Lipinski definition) is 8. The van der Waals surface area contributed by atoms with Crippen LogP contribution in [0.15, 0.2) is 103 Å².